The van der Waals surface area contributed by atoms with Gasteiger partial charge in [0.25, 0.3) is 5.91 Å². The van der Waals surface area contributed by atoms with E-state index in [-0.39, 0.29) is 29.7 Å². The van der Waals surface area contributed by atoms with Gasteiger partial charge in [-0.25, -0.2) is 5.43 Å². The van der Waals surface area contributed by atoms with E-state index in [0.717, 1.165) is 0 Å². The smallest absolute Gasteiger partial charge is 0.252 e. The van der Waals surface area contributed by atoms with Crippen LogP contribution in [-0.4, -0.2) is 30.0 Å². The molecular weight excluding hydrogens is 206 g/mol. The van der Waals surface area contributed by atoms with Crippen LogP contribution in [0.15, 0.2) is 29.4 Å². The zero-order valence-electron chi connectivity index (χ0n) is 8.46. The quantitative estimate of drug-likeness (QED) is 0.531. The number of fused-ring (bicyclic) bond motifs is 2. The van der Waals surface area contributed by atoms with Crippen LogP contribution in [-0.2, 0) is 9.59 Å². The molecule has 0 aromatic carbocycles. The van der Waals surface area contributed by atoms with Gasteiger partial charge in [0, 0.05) is 12.3 Å². The van der Waals surface area contributed by atoms with Gasteiger partial charge in [-0.2, -0.15) is 5.10 Å². The molecule has 16 heavy (non-hydrogen) atoms. The van der Waals surface area contributed by atoms with E-state index in [1.807, 2.05) is 24.3 Å². The highest BCUT2D eigenvalue weighted by Crippen LogP contribution is 2.26. The number of rotatable bonds is 0. The number of amides is 1. The first kappa shape index (κ1) is 9.47. The molecule has 5 nitrogen and oxygen atoms in total. The molecule has 4 unspecified atom stereocenters. The zero-order valence-corrected chi connectivity index (χ0v) is 8.46. The highest BCUT2D eigenvalue weighted by atomic mass is 16.2. The summed E-state index contributed by atoms with van der Waals surface area (Å²) < 4.78 is 0. The molecule has 0 radical (unpaired) electrons. The van der Waals surface area contributed by atoms with Crippen LogP contribution in [0.3, 0.4) is 0 Å². The van der Waals surface area contributed by atoms with Crippen molar-refractivity contribution in [3.63, 3.8) is 0 Å². The van der Waals surface area contributed by atoms with Crippen molar-refractivity contribution in [2.24, 2.45) is 16.9 Å². The molecule has 0 saturated carbocycles. The van der Waals surface area contributed by atoms with E-state index in [1.54, 1.807) is 6.21 Å². The van der Waals surface area contributed by atoms with Crippen molar-refractivity contribution in [2.45, 2.75) is 12.1 Å². The van der Waals surface area contributed by atoms with E-state index in [9.17, 15) is 9.59 Å². The molecule has 0 spiro atoms. The number of hydrogen-bond donors (Lipinski definition) is 2. The minimum Gasteiger partial charge on any atom is -0.301 e. The zero-order chi connectivity index (χ0) is 11.1. The Kier molecular flexibility index (Phi) is 2.00. The van der Waals surface area contributed by atoms with E-state index in [4.69, 9.17) is 0 Å². The monoisotopic (exact) mass is 217 g/mol. The average Bonchev–Trinajstić information content (AvgIpc) is 2.29. The van der Waals surface area contributed by atoms with E-state index >= 15 is 0 Å². The van der Waals surface area contributed by atoms with Gasteiger partial charge >= 0.3 is 0 Å². The summed E-state index contributed by atoms with van der Waals surface area (Å²) in [5, 5.41) is 6.98. The van der Waals surface area contributed by atoms with Crippen LogP contribution in [0.1, 0.15) is 0 Å². The van der Waals surface area contributed by atoms with E-state index in [2.05, 4.69) is 15.8 Å². The van der Waals surface area contributed by atoms with Gasteiger partial charge in [-0.1, -0.05) is 24.3 Å². The molecule has 5 heteroatoms. The molecule has 2 aliphatic heterocycles. The number of carbonyl (C=O) groups is 2. The largest absolute Gasteiger partial charge is 0.301 e. The Labute approximate surface area is 92.3 Å². The summed E-state index contributed by atoms with van der Waals surface area (Å²) in [5.74, 6) is -1.22. The third-order valence-corrected chi connectivity index (χ3v) is 3.21. The Hall–Kier alpha value is -1.75. The van der Waals surface area contributed by atoms with Crippen molar-refractivity contribution in [3.05, 3.63) is 24.3 Å². The van der Waals surface area contributed by atoms with Gasteiger partial charge in [-0.15, -0.1) is 0 Å². The first-order chi connectivity index (χ1) is 7.77. The van der Waals surface area contributed by atoms with Gasteiger partial charge in [0.05, 0.1) is 12.0 Å². The Balaban J connectivity index is 1.97. The molecule has 3 aliphatic rings. The van der Waals surface area contributed by atoms with Crippen molar-refractivity contribution in [3.8, 4) is 0 Å². The summed E-state index contributed by atoms with van der Waals surface area (Å²) in [4.78, 5) is 23.7. The van der Waals surface area contributed by atoms with E-state index in [0.29, 0.717) is 0 Å². The molecule has 1 amide bonds. The van der Waals surface area contributed by atoms with Crippen LogP contribution >= 0.6 is 0 Å². The lowest BCUT2D eigenvalue weighted by Gasteiger charge is -2.38. The summed E-state index contributed by atoms with van der Waals surface area (Å²) in [5.41, 5.74) is 2.33. The molecule has 1 aliphatic carbocycles. The van der Waals surface area contributed by atoms with Crippen LogP contribution < -0.4 is 10.7 Å². The number of Topliss-reactive ketones (excluding diaryl/α,β-unsaturated/α-hetero) is 1. The Morgan fingerprint density at radius 3 is 2.81 bits per heavy atom. The molecule has 4 atom stereocenters. The normalized spacial score (nSPS) is 40.2. The number of allylic oxidation sites excluding steroid dienone is 2. The number of nitrogens with zero attached hydrogens (tertiary/aromatic N) is 1. The fraction of sp³-hybridized carbons (Fsp3) is 0.364. The SMILES string of the molecule is O=C1NN=CC2NC3C=CC=CC3C(=O)C12. The lowest BCUT2D eigenvalue weighted by molar-refractivity contribution is -0.138. The molecule has 1 fully saturated rings. The lowest BCUT2D eigenvalue weighted by atomic mass is 9.76. The van der Waals surface area contributed by atoms with Crippen LogP contribution in [0.25, 0.3) is 0 Å². The molecular formula is C11H11N3O2. The number of ketones is 1. The summed E-state index contributed by atoms with van der Waals surface area (Å²) in [6.45, 7) is 0. The number of nitrogens with one attached hydrogen (secondary N) is 2. The maximum absolute atomic E-state index is 12.2. The summed E-state index contributed by atoms with van der Waals surface area (Å²) in [7, 11) is 0. The summed E-state index contributed by atoms with van der Waals surface area (Å²) in [6.07, 6.45) is 9.12. The second kappa shape index (κ2) is 3.38. The van der Waals surface area contributed by atoms with Crippen LogP contribution in [0, 0.1) is 11.8 Å². The molecule has 3 rings (SSSR count). The van der Waals surface area contributed by atoms with Crippen LogP contribution in [0.5, 0.6) is 0 Å². The molecule has 82 valence electrons. The third-order valence-electron chi connectivity index (χ3n) is 3.21. The maximum atomic E-state index is 12.2. The number of hydrazone groups is 1. The highest BCUT2D eigenvalue weighted by Gasteiger charge is 2.46. The van der Waals surface area contributed by atoms with E-state index in [1.165, 1.54) is 0 Å². The number of carbonyl (C=O) groups excluding carboxylic acids is 2. The maximum Gasteiger partial charge on any atom is 0.252 e. The van der Waals surface area contributed by atoms with Gasteiger partial charge in [0.2, 0.25) is 0 Å². The Morgan fingerprint density at radius 1 is 1.12 bits per heavy atom. The second-order valence-corrected chi connectivity index (χ2v) is 4.15. The van der Waals surface area contributed by atoms with Crippen LogP contribution in [0.2, 0.25) is 0 Å². The fourth-order valence-corrected chi connectivity index (χ4v) is 2.41. The lowest BCUT2D eigenvalue weighted by Crippen LogP contribution is -2.62. The van der Waals surface area contributed by atoms with Crippen molar-refractivity contribution in [1.29, 1.82) is 0 Å². The number of hydrogen-bond acceptors (Lipinski definition) is 4. The van der Waals surface area contributed by atoms with Gasteiger partial charge in [0.15, 0.2) is 5.78 Å². The first-order valence-corrected chi connectivity index (χ1v) is 5.25. The summed E-state index contributed by atoms with van der Waals surface area (Å²) in [6, 6.07) is -0.297. The molecule has 0 bridgehead atoms. The highest BCUT2D eigenvalue weighted by molar-refractivity contribution is 6.08. The van der Waals surface area contributed by atoms with Gasteiger partial charge in [0.1, 0.15) is 5.92 Å². The van der Waals surface area contributed by atoms with Crippen molar-refractivity contribution in [1.82, 2.24) is 10.7 Å². The van der Waals surface area contributed by atoms with Crippen molar-refractivity contribution < 1.29 is 9.59 Å². The second-order valence-electron chi connectivity index (χ2n) is 4.15. The van der Waals surface area contributed by atoms with Crippen LogP contribution in [0.4, 0.5) is 0 Å². The number of piperidine rings is 1. The van der Waals surface area contributed by atoms with Gasteiger partial charge < -0.3 is 5.32 Å². The minimum absolute atomic E-state index is 0.0175. The third kappa shape index (κ3) is 1.25. The first-order valence-electron chi connectivity index (χ1n) is 5.25. The predicted octanol–water partition coefficient (Wildman–Crippen LogP) is -0.630. The fourth-order valence-electron chi connectivity index (χ4n) is 2.41. The van der Waals surface area contributed by atoms with Gasteiger partial charge in [-0.3, -0.25) is 9.59 Å². The molecule has 0 aromatic heterocycles. The minimum atomic E-state index is -0.644. The average molecular weight is 217 g/mol. The Bertz CT molecular complexity index is 439. The standard InChI is InChI=1S/C11H11N3O2/c15-10-6-3-1-2-4-7(6)13-8-5-12-14-11(16)9(8)10/h1-9,13H,(H,14,16). The summed E-state index contributed by atoms with van der Waals surface area (Å²) >= 11 is 0. The molecule has 0 aromatic rings. The van der Waals surface area contributed by atoms with Crippen molar-refractivity contribution in [2.75, 3.05) is 0 Å². The molecule has 2 N–H and O–H groups in total. The van der Waals surface area contributed by atoms with Crippen molar-refractivity contribution >= 4 is 17.9 Å². The topological polar surface area (TPSA) is 70.6 Å². The van der Waals surface area contributed by atoms with Gasteiger partial charge in [-0.05, 0) is 0 Å². The molecule has 2 heterocycles. The Morgan fingerprint density at radius 2 is 1.94 bits per heavy atom. The molecule has 1 saturated heterocycles. The predicted molar refractivity (Wildman–Crippen MR) is 57.6 cm³/mol. The van der Waals surface area contributed by atoms with E-state index < -0.39 is 5.92 Å².